The summed E-state index contributed by atoms with van der Waals surface area (Å²) in [6, 6.07) is 0. The van der Waals surface area contributed by atoms with Crippen LogP contribution < -0.4 is 15.4 Å². The van der Waals surface area contributed by atoms with E-state index in [2.05, 4.69) is 14.9 Å². The fourth-order valence-electron chi connectivity index (χ4n) is 3.62. The number of rotatable bonds is 2. The summed E-state index contributed by atoms with van der Waals surface area (Å²) in [6.07, 6.45) is 9.68. The monoisotopic (exact) mass is 262 g/mol. The first-order valence-electron chi connectivity index (χ1n) is 7.13. The highest BCUT2D eigenvalue weighted by atomic mass is 16.5. The molecule has 104 valence electrons. The normalized spacial score (nSPS) is 21.8. The van der Waals surface area contributed by atoms with Gasteiger partial charge in [0.2, 0.25) is 5.75 Å². The zero-order valence-corrected chi connectivity index (χ0v) is 11.6. The van der Waals surface area contributed by atoms with E-state index < -0.39 is 0 Å². The molecule has 3 rings (SSSR count). The molecular formula is C14H22N4O. The van der Waals surface area contributed by atoms with E-state index in [1.807, 2.05) is 0 Å². The molecule has 1 saturated carbocycles. The summed E-state index contributed by atoms with van der Waals surface area (Å²) in [7, 11) is 1.63. The summed E-state index contributed by atoms with van der Waals surface area (Å²) < 4.78 is 5.35. The average Bonchev–Trinajstić information content (AvgIpc) is 2.88. The van der Waals surface area contributed by atoms with Gasteiger partial charge >= 0.3 is 0 Å². The van der Waals surface area contributed by atoms with E-state index >= 15 is 0 Å². The molecule has 2 fully saturated rings. The molecule has 0 amide bonds. The van der Waals surface area contributed by atoms with Crippen molar-refractivity contribution in [1.29, 1.82) is 0 Å². The zero-order valence-electron chi connectivity index (χ0n) is 11.6. The standard InChI is InChI=1S/C14H22N4O/c1-19-11-12(15)16-10-17-13(11)18-8-6-14(7-9-18)4-2-3-5-14/h10H,2-9H2,1H3,(H2,15,16,17). The second kappa shape index (κ2) is 4.87. The van der Waals surface area contributed by atoms with Crippen molar-refractivity contribution < 1.29 is 4.74 Å². The minimum absolute atomic E-state index is 0.425. The zero-order chi connectivity index (χ0) is 13.3. The number of anilines is 2. The number of ether oxygens (including phenoxy) is 1. The van der Waals surface area contributed by atoms with Gasteiger partial charge in [-0.05, 0) is 31.1 Å². The Morgan fingerprint density at radius 1 is 1.16 bits per heavy atom. The number of nitrogens with two attached hydrogens (primary N) is 1. The van der Waals surface area contributed by atoms with Gasteiger partial charge in [0.05, 0.1) is 7.11 Å². The minimum atomic E-state index is 0.425. The van der Waals surface area contributed by atoms with Crippen LogP contribution in [0.5, 0.6) is 5.75 Å². The van der Waals surface area contributed by atoms with E-state index in [1.54, 1.807) is 7.11 Å². The van der Waals surface area contributed by atoms with Crippen molar-refractivity contribution in [3.63, 3.8) is 0 Å². The van der Waals surface area contributed by atoms with E-state index in [1.165, 1.54) is 44.9 Å². The molecule has 1 aliphatic carbocycles. The number of methoxy groups -OCH3 is 1. The van der Waals surface area contributed by atoms with E-state index in [-0.39, 0.29) is 0 Å². The van der Waals surface area contributed by atoms with Crippen LogP contribution >= 0.6 is 0 Å². The Balaban J connectivity index is 1.76. The van der Waals surface area contributed by atoms with Crippen LogP contribution in [0.4, 0.5) is 11.6 Å². The van der Waals surface area contributed by atoms with Crippen molar-refractivity contribution in [3.8, 4) is 5.75 Å². The fourth-order valence-corrected chi connectivity index (χ4v) is 3.62. The molecule has 0 unspecified atom stereocenters. The molecule has 2 N–H and O–H groups in total. The summed E-state index contributed by atoms with van der Waals surface area (Å²) in [6.45, 7) is 2.10. The van der Waals surface area contributed by atoms with Crippen molar-refractivity contribution >= 4 is 11.6 Å². The predicted molar refractivity (Wildman–Crippen MR) is 75.3 cm³/mol. The molecule has 0 atom stereocenters. The van der Waals surface area contributed by atoms with Crippen molar-refractivity contribution in [2.24, 2.45) is 5.41 Å². The number of piperidine rings is 1. The maximum absolute atomic E-state index is 5.85. The number of hydrogen-bond donors (Lipinski definition) is 1. The molecule has 0 bridgehead atoms. The first-order valence-corrected chi connectivity index (χ1v) is 7.13. The van der Waals surface area contributed by atoms with Gasteiger partial charge in [0, 0.05) is 13.1 Å². The molecule has 5 nitrogen and oxygen atoms in total. The summed E-state index contributed by atoms with van der Waals surface area (Å²) in [5.74, 6) is 1.89. The number of nitrogen functional groups attached to an aromatic ring is 1. The van der Waals surface area contributed by atoms with Crippen molar-refractivity contribution in [2.45, 2.75) is 38.5 Å². The fraction of sp³-hybridized carbons (Fsp3) is 0.714. The largest absolute Gasteiger partial charge is 0.490 e. The lowest BCUT2D eigenvalue weighted by Crippen LogP contribution is -2.39. The first-order chi connectivity index (χ1) is 9.24. The van der Waals surface area contributed by atoms with Crippen LogP contribution in [-0.4, -0.2) is 30.2 Å². The third-order valence-corrected chi connectivity index (χ3v) is 4.80. The van der Waals surface area contributed by atoms with Crippen LogP contribution in [-0.2, 0) is 0 Å². The Hall–Kier alpha value is -1.52. The molecule has 1 aromatic rings. The third kappa shape index (κ3) is 2.22. The molecule has 0 aromatic carbocycles. The molecule has 1 spiro atoms. The molecular weight excluding hydrogens is 240 g/mol. The van der Waals surface area contributed by atoms with E-state index in [4.69, 9.17) is 10.5 Å². The van der Waals surface area contributed by atoms with Gasteiger partial charge in [-0.15, -0.1) is 0 Å². The first kappa shape index (κ1) is 12.5. The lowest BCUT2D eigenvalue weighted by atomic mass is 9.77. The van der Waals surface area contributed by atoms with Gasteiger partial charge in [0.1, 0.15) is 6.33 Å². The lowest BCUT2D eigenvalue weighted by Gasteiger charge is -2.40. The smallest absolute Gasteiger partial charge is 0.204 e. The summed E-state index contributed by atoms with van der Waals surface area (Å²) in [5.41, 5.74) is 6.46. The van der Waals surface area contributed by atoms with Gasteiger partial charge in [-0.1, -0.05) is 12.8 Å². The highest BCUT2D eigenvalue weighted by molar-refractivity contribution is 5.62. The van der Waals surface area contributed by atoms with Crippen molar-refractivity contribution in [1.82, 2.24) is 9.97 Å². The number of hydrogen-bond acceptors (Lipinski definition) is 5. The molecule has 2 aliphatic rings. The summed E-state index contributed by atoms with van der Waals surface area (Å²) in [4.78, 5) is 10.6. The molecule has 2 heterocycles. The van der Waals surface area contributed by atoms with Crippen molar-refractivity contribution in [2.75, 3.05) is 30.8 Å². The topological polar surface area (TPSA) is 64.3 Å². The number of aromatic nitrogens is 2. The van der Waals surface area contributed by atoms with Crippen LogP contribution in [0.1, 0.15) is 38.5 Å². The second-order valence-corrected chi connectivity index (χ2v) is 5.81. The SMILES string of the molecule is COc1c(N)ncnc1N1CCC2(CCCC2)CC1. The summed E-state index contributed by atoms with van der Waals surface area (Å²) in [5, 5.41) is 0. The molecule has 5 heteroatoms. The van der Waals surface area contributed by atoms with Crippen LogP contribution in [0, 0.1) is 5.41 Å². The molecule has 1 aromatic heterocycles. The maximum Gasteiger partial charge on any atom is 0.204 e. The Morgan fingerprint density at radius 2 is 1.84 bits per heavy atom. The van der Waals surface area contributed by atoms with Gasteiger partial charge in [-0.25, -0.2) is 9.97 Å². The Morgan fingerprint density at radius 3 is 2.47 bits per heavy atom. The lowest BCUT2D eigenvalue weighted by molar-refractivity contribution is 0.225. The predicted octanol–water partition coefficient (Wildman–Crippen LogP) is 2.23. The Bertz CT molecular complexity index is 447. The van der Waals surface area contributed by atoms with E-state index in [0.29, 0.717) is 17.0 Å². The number of nitrogens with zero attached hydrogens (tertiary/aromatic N) is 3. The third-order valence-electron chi connectivity index (χ3n) is 4.80. The Labute approximate surface area is 114 Å². The van der Waals surface area contributed by atoms with Crippen LogP contribution in [0.25, 0.3) is 0 Å². The molecule has 0 radical (unpaired) electrons. The van der Waals surface area contributed by atoms with E-state index in [9.17, 15) is 0 Å². The van der Waals surface area contributed by atoms with Crippen molar-refractivity contribution in [3.05, 3.63) is 6.33 Å². The maximum atomic E-state index is 5.85. The minimum Gasteiger partial charge on any atom is -0.490 e. The molecule has 1 aliphatic heterocycles. The van der Waals surface area contributed by atoms with Gasteiger partial charge in [0.15, 0.2) is 11.6 Å². The van der Waals surface area contributed by atoms with Gasteiger partial charge in [-0.3, -0.25) is 0 Å². The van der Waals surface area contributed by atoms with Gasteiger partial charge in [-0.2, -0.15) is 0 Å². The molecule has 19 heavy (non-hydrogen) atoms. The summed E-state index contributed by atoms with van der Waals surface area (Å²) >= 11 is 0. The van der Waals surface area contributed by atoms with Crippen LogP contribution in [0.3, 0.4) is 0 Å². The van der Waals surface area contributed by atoms with Gasteiger partial charge < -0.3 is 15.4 Å². The Kier molecular flexibility index (Phi) is 3.21. The highest BCUT2D eigenvalue weighted by Gasteiger charge is 2.37. The quantitative estimate of drug-likeness (QED) is 0.885. The van der Waals surface area contributed by atoms with Crippen LogP contribution in [0.15, 0.2) is 6.33 Å². The molecule has 1 saturated heterocycles. The average molecular weight is 262 g/mol. The van der Waals surface area contributed by atoms with Gasteiger partial charge in [0.25, 0.3) is 0 Å². The van der Waals surface area contributed by atoms with Crippen LogP contribution in [0.2, 0.25) is 0 Å². The second-order valence-electron chi connectivity index (χ2n) is 5.81. The highest BCUT2D eigenvalue weighted by Crippen LogP contribution is 2.47. The van der Waals surface area contributed by atoms with E-state index in [0.717, 1.165) is 18.9 Å².